The lowest BCUT2D eigenvalue weighted by Crippen LogP contribution is -2.48. The van der Waals surface area contributed by atoms with E-state index < -0.39 is 10.0 Å². The first-order valence-corrected chi connectivity index (χ1v) is 12.4. The van der Waals surface area contributed by atoms with Gasteiger partial charge in [-0.3, -0.25) is 14.7 Å². The van der Waals surface area contributed by atoms with E-state index >= 15 is 0 Å². The van der Waals surface area contributed by atoms with Crippen LogP contribution in [0.2, 0.25) is 0 Å². The van der Waals surface area contributed by atoms with E-state index in [-0.39, 0.29) is 17.3 Å². The average molecular weight is 457 g/mol. The highest BCUT2D eigenvalue weighted by molar-refractivity contribution is 7.89. The summed E-state index contributed by atoms with van der Waals surface area (Å²) in [6.07, 6.45) is 3.61. The SMILES string of the molecule is O=C(c1cccc(S(=O)(=O)NCc2cccs2)c1)N1CCN(Cc2cccnc2)CC1. The Labute approximate surface area is 186 Å². The van der Waals surface area contributed by atoms with Gasteiger partial charge in [0.25, 0.3) is 5.91 Å². The predicted octanol–water partition coefficient (Wildman–Crippen LogP) is 2.58. The van der Waals surface area contributed by atoms with Crippen molar-refractivity contribution >= 4 is 27.3 Å². The number of carbonyl (C=O) groups excluding carboxylic acids is 1. The van der Waals surface area contributed by atoms with Gasteiger partial charge in [0.05, 0.1) is 4.90 Å². The van der Waals surface area contributed by atoms with Crippen LogP contribution in [0.5, 0.6) is 0 Å². The molecular formula is C22H24N4O3S2. The van der Waals surface area contributed by atoms with Crippen molar-refractivity contribution in [3.8, 4) is 0 Å². The Morgan fingerprint density at radius 2 is 1.90 bits per heavy atom. The van der Waals surface area contributed by atoms with Crippen LogP contribution in [-0.4, -0.2) is 55.3 Å². The number of hydrogen-bond donors (Lipinski definition) is 1. The van der Waals surface area contributed by atoms with Crippen molar-refractivity contribution in [1.29, 1.82) is 0 Å². The molecule has 2 aromatic heterocycles. The van der Waals surface area contributed by atoms with Crippen LogP contribution < -0.4 is 4.72 Å². The highest BCUT2D eigenvalue weighted by Crippen LogP contribution is 2.17. The van der Waals surface area contributed by atoms with E-state index in [1.165, 1.54) is 23.5 Å². The summed E-state index contributed by atoms with van der Waals surface area (Å²) < 4.78 is 27.9. The predicted molar refractivity (Wildman–Crippen MR) is 120 cm³/mol. The van der Waals surface area contributed by atoms with Gasteiger partial charge >= 0.3 is 0 Å². The van der Waals surface area contributed by atoms with Crippen molar-refractivity contribution in [2.24, 2.45) is 0 Å². The van der Waals surface area contributed by atoms with E-state index in [0.29, 0.717) is 18.7 Å². The Morgan fingerprint density at radius 1 is 1.06 bits per heavy atom. The van der Waals surface area contributed by atoms with Gasteiger partial charge in [-0.15, -0.1) is 11.3 Å². The fourth-order valence-corrected chi connectivity index (χ4v) is 5.29. The number of nitrogens with one attached hydrogen (secondary N) is 1. The molecule has 162 valence electrons. The number of nitrogens with zero attached hydrogens (tertiary/aromatic N) is 3. The minimum absolute atomic E-state index is 0.102. The number of pyridine rings is 1. The number of carbonyl (C=O) groups is 1. The topological polar surface area (TPSA) is 82.6 Å². The van der Waals surface area contributed by atoms with E-state index in [2.05, 4.69) is 14.6 Å². The van der Waals surface area contributed by atoms with Crippen LogP contribution in [-0.2, 0) is 23.1 Å². The average Bonchev–Trinajstić information content (AvgIpc) is 3.33. The maximum Gasteiger partial charge on any atom is 0.253 e. The largest absolute Gasteiger partial charge is 0.336 e. The number of thiophene rings is 1. The summed E-state index contributed by atoms with van der Waals surface area (Å²) in [6, 6.07) is 14.0. The second-order valence-corrected chi connectivity index (χ2v) is 10.2. The van der Waals surface area contributed by atoms with Crippen LogP contribution in [0.25, 0.3) is 0 Å². The van der Waals surface area contributed by atoms with Gasteiger partial charge in [0.15, 0.2) is 0 Å². The molecule has 1 amide bonds. The number of aromatic nitrogens is 1. The Balaban J connectivity index is 1.37. The molecule has 1 aromatic carbocycles. The van der Waals surface area contributed by atoms with Crippen LogP contribution in [0.4, 0.5) is 0 Å². The van der Waals surface area contributed by atoms with Gasteiger partial charge in [0, 0.05) is 62.1 Å². The molecule has 3 aromatic rings. The molecule has 0 saturated carbocycles. The second kappa shape index (κ2) is 9.69. The van der Waals surface area contributed by atoms with Gasteiger partial charge in [-0.1, -0.05) is 18.2 Å². The molecule has 1 fully saturated rings. The van der Waals surface area contributed by atoms with Gasteiger partial charge in [0.1, 0.15) is 0 Å². The number of benzene rings is 1. The minimum atomic E-state index is -3.69. The summed E-state index contributed by atoms with van der Waals surface area (Å²) in [5.41, 5.74) is 1.54. The monoisotopic (exact) mass is 456 g/mol. The number of amides is 1. The first kappa shape index (κ1) is 21.6. The Hall–Kier alpha value is -2.59. The van der Waals surface area contributed by atoms with Crippen molar-refractivity contribution in [3.63, 3.8) is 0 Å². The Bertz CT molecular complexity index is 1110. The van der Waals surface area contributed by atoms with Gasteiger partial charge in [-0.25, -0.2) is 13.1 Å². The quantitative estimate of drug-likeness (QED) is 0.591. The van der Waals surface area contributed by atoms with Crippen LogP contribution >= 0.6 is 11.3 Å². The molecule has 0 radical (unpaired) electrons. The van der Waals surface area contributed by atoms with Crippen LogP contribution in [0.3, 0.4) is 0 Å². The number of rotatable bonds is 7. The molecular weight excluding hydrogens is 432 g/mol. The van der Waals surface area contributed by atoms with Gasteiger partial charge in [0.2, 0.25) is 10.0 Å². The number of sulfonamides is 1. The maximum atomic E-state index is 13.0. The minimum Gasteiger partial charge on any atom is -0.336 e. The van der Waals surface area contributed by atoms with E-state index in [0.717, 1.165) is 30.1 Å². The summed E-state index contributed by atoms with van der Waals surface area (Å²) in [5.74, 6) is -0.142. The molecule has 1 saturated heterocycles. The summed E-state index contributed by atoms with van der Waals surface area (Å²) >= 11 is 1.49. The smallest absolute Gasteiger partial charge is 0.253 e. The van der Waals surface area contributed by atoms with Crippen molar-refractivity contribution in [2.45, 2.75) is 18.0 Å². The lowest BCUT2D eigenvalue weighted by atomic mass is 10.1. The highest BCUT2D eigenvalue weighted by atomic mass is 32.2. The van der Waals surface area contributed by atoms with E-state index in [1.54, 1.807) is 23.2 Å². The summed E-state index contributed by atoms with van der Waals surface area (Å²) in [5, 5.41) is 1.90. The lowest BCUT2D eigenvalue weighted by Gasteiger charge is -2.34. The third-order valence-electron chi connectivity index (χ3n) is 5.20. The normalized spacial score (nSPS) is 15.2. The second-order valence-electron chi connectivity index (χ2n) is 7.36. The Morgan fingerprint density at radius 3 is 2.61 bits per heavy atom. The fourth-order valence-electron chi connectivity index (χ4n) is 3.50. The molecule has 1 aliphatic rings. The zero-order valence-electron chi connectivity index (χ0n) is 17.0. The molecule has 7 nitrogen and oxygen atoms in total. The zero-order chi connectivity index (χ0) is 21.7. The van der Waals surface area contributed by atoms with Crippen molar-refractivity contribution in [2.75, 3.05) is 26.2 Å². The zero-order valence-corrected chi connectivity index (χ0v) is 18.6. The van der Waals surface area contributed by atoms with E-state index in [1.807, 2.05) is 35.8 Å². The molecule has 9 heteroatoms. The molecule has 0 spiro atoms. The molecule has 0 atom stereocenters. The standard InChI is InChI=1S/C22H24N4O3S2/c27-22(26-11-9-25(10-12-26)17-18-4-2-8-23-15-18)19-5-1-7-21(14-19)31(28,29)24-16-20-6-3-13-30-20/h1-8,13-15,24H,9-12,16-17H2. The molecule has 1 N–H and O–H groups in total. The van der Waals surface area contributed by atoms with Crippen LogP contribution in [0, 0.1) is 0 Å². The van der Waals surface area contributed by atoms with Crippen LogP contribution in [0.15, 0.2) is 71.2 Å². The first-order chi connectivity index (χ1) is 15.0. The Kier molecular flexibility index (Phi) is 6.77. The number of piperazine rings is 1. The highest BCUT2D eigenvalue weighted by Gasteiger charge is 2.23. The molecule has 0 unspecified atom stereocenters. The summed E-state index contributed by atoms with van der Waals surface area (Å²) in [6.45, 7) is 3.78. The van der Waals surface area contributed by atoms with Crippen LogP contribution in [0.1, 0.15) is 20.8 Å². The van der Waals surface area contributed by atoms with Crippen molar-refractivity contribution < 1.29 is 13.2 Å². The summed E-state index contributed by atoms with van der Waals surface area (Å²) in [4.78, 5) is 22.2. The van der Waals surface area contributed by atoms with Gasteiger partial charge < -0.3 is 4.90 Å². The molecule has 0 aliphatic carbocycles. The molecule has 0 bridgehead atoms. The fraction of sp³-hybridized carbons (Fsp3) is 0.273. The third-order valence-corrected chi connectivity index (χ3v) is 7.47. The van der Waals surface area contributed by atoms with Gasteiger partial charge in [-0.05, 0) is 41.3 Å². The van der Waals surface area contributed by atoms with Crippen molar-refractivity contribution in [1.82, 2.24) is 19.5 Å². The summed E-state index contributed by atoms with van der Waals surface area (Å²) in [7, 11) is -3.69. The lowest BCUT2D eigenvalue weighted by molar-refractivity contribution is 0.0628. The molecule has 1 aliphatic heterocycles. The van der Waals surface area contributed by atoms with Crippen molar-refractivity contribution in [3.05, 3.63) is 82.3 Å². The maximum absolute atomic E-state index is 13.0. The molecule has 31 heavy (non-hydrogen) atoms. The third kappa shape index (κ3) is 5.56. The first-order valence-electron chi connectivity index (χ1n) is 10.0. The number of hydrogen-bond acceptors (Lipinski definition) is 6. The molecule has 3 heterocycles. The van der Waals surface area contributed by atoms with Gasteiger partial charge in [-0.2, -0.15) is 0 Å². The van der Waals surface area contributed by atoms with E-state index in [9.17, 15) is 13.2 Å². The molecule has 4 rings (SSSR count). The van der Waals surface area contributed by atoms with E-state index in [4.69, 9.17) is 0 Å².